The zero-order valence-electron chi connectivity index (χ0n) is 14.4. The second kappa shape index (κ2) is 6.45. The van der Waals surface area contributed by atoms with Crippen molar-refractivity contribution >= 4 is 23.0 Å². The number of allylic oxidation sites excluding steroid dienone is 2. The topological polar surface area (TPSA) is 136 Å². The number of nitrogens with zero attached hydrogens (tertiary/aromatic N) is 2. The van der Waals surface area contributed by atoms with Crippen LogP contribution < -0.4 is 5.32 Å². The molecule has 0 aromatic heterocycles. The van der Waals surface area contributed by atoms with Gasteiger partial charge in [0.15, 0.2) is 0 Å². The van der Waals surface area contributed by atoms with Crippen LogP contribution in [0.5, 0.6) is 0 Å². The van der Waals surface area contributed by atoms with Crippen molar-refractivity contribution in [3.8, 4) is 0 Å². The molecule has 142 valence electrons. The number of non-ortho nitro benzene ring substituents is 1. The highest BCUT2D eigenvalue weighted by molar-refractivity contribution is 5.97. The number of hydrogen-bond donors (Lipinski definition) is 2. The first-order valence-corrected chi connectivity index (χ1v) is 8.60. The fourth-order valence-electron chi connectivity index (χ4n) is 4.16. The van der Waals surface area contributed by atoms with Crippen LogP contribution in [0.4, 0.5) is 17.1 Å². The summed E-state index contributed by atoms with van der Waals surface area (Å²) in [5, 5.41) is 35.2. The Labute approximate surface area is 158 Å². The Hall–Kier alpha value is -3.75. The largest absolute Gasteiger partial charge is 0.478 e. The van der Waals surface area contributed by atoms with Gasteiger partial charge in [0.25, 0.3) is 11.4 Å². The van der Waals surface area contributed by atoms with Crippen molar-refractivity contribution in [1.82, 2.24) is 0 Å². The molecular weight excluding hydrogens is 366 g/mol. The summed E-state index contributed by atoms with van der Waals surface area (Å²) in [4.78, 5) is 33.2. The fraction of sp³-hybridized carbons (Fsp3) is 0.211. The van der Waals surface area contributed by atoms with E-state index >= 15 is 0 Å². The van der Waals surface area contributed by atoms with E-state index in [1.807, 2.05) is 12.2 Å². The van der Waals surface area contributed by atoms with Gasteiger partial charge in [-0.15, -0.1) is 0 Å². The van der Waals surface area contributed by atoms with Crippen molar-refractivity contribution in [3.05, 3.63) is 85.5 Å². The van der Waals surface area contributed by atoms with Gasteiger partial charge in [-0.2, -0.15) is 0 Å². The molecule has 28 heavy (non-hydrogen) atoms. The number of carbonyl (C=O) groups is 1. The summed E-state index contributed by atoms with van der Waals surface area (Å²) in [5.74, 6) is -1.55. The Morgan fingerprint density at radius 1 is 1.07 bits per heavy atom. The van der Waals surface area contributed by atoms with Crippen LogP contribution in [0.1, 0.15) is 39.9 Å². The molecule has 3 atom stereocenters. The molecule has 2 aromatic rings. The number of nitro groups is 2. The molecule has 1 aliphatic heterocycles. The number of benzene rings is 2. The molecule has 1 aliphatic carbocycles. The third-order valence-electron chi connectivity index (χ3n) is 5.39. The smallest absolute Gasteiger partial charge is 0.337 e. The second-order valence-corrected chi connectivity index (χ2v) is 6.81. The van der Waals surface area contributed by atoms with Crippen LogP contribution in [0.3, 0.4) is 0 Å². The minimum Gasteiger partial charge on any atom is -0.478 e. The highest BCUT2D eigenvalue weighted by Gasteiger charge is 2.43. The molecule has 0 fully saturated rings. The highest BCUT2D eigenvalue weighted by Crippen LogP contribution is 2.53. The second-order valence-electron chi connectivity index (χ2n) is 6.81. The van der Waals surface area contributed by atoms with Gasteiger partial charge >= 0.3 is 5.97 Å². The molecule has 0 radical (unpaired) electrons. The quantitative estimate of drug-likeness (QED) is 0.463. The van der Waals surface area contributed by atoms with Gasteiger partial charge in [-0.1, -0.05) is 24.3 Å². The van der Waals surface area contributed by atoms with E-state index in [2.05, 4.69) is 5.32 Å². The van der Waals surface area contributed by atoms with Crippen LogP contribution >= 0.6 is 0 Å². The van der Waals surface area contributed by atoms with E-state index in [1.54, 1.807) is 12.1 Å². The molecule has 2 aliphatic rings. The molecule has 0 saturated carbocycles. The molecule has 4 rings (SSSR count). The number of fused-ring (bicyclic) bond motifs is 3. The molecule has 2 aromatic carbocycles. The number of rotatable bonds is 4. The normalized spacial score (nSPS) is 22.1. The summed E-state index contributed by atoms with van der Waals surface area (Å²) in [6.45, 7) is 0. The van der Waals surface area contributed by atoms with E-state index in [-0.39, 0.29) is 40.5 Å². The minimum absolute atomic E-state index is 0.0359. The van der Waals surface area contributed by atoms with E-state index in [0.29, 0.717) is 12.0 Å². The maximum Gasteiger partial charge on any atom is 0.337 e. The van der Waals surface area contributed by atoms with Crippen molar-refractivity contribution < 1.29 is 19.7 Å². The lowest BCUT2D eigenvalue weighted by Crippen LogP contribution is -2.31. The van der Waals surface area contributed by atoms with E-state index < -0.39 is 15.8 Å². The van der Waals surface area contributed by atoms with Crippen LogP contribution in [0.25, 0.3) is 0 Å². The fourth-order valence-corrected chi connectivity index (χ4v) is 4.16. The van der Waals surface area contributed by atoms with Gasteiger partial charge in [-0.3, -0.25) is 20.2 Å². The Bertz CT molecular complexity index is 1030. The number of aromatic carboxylic acids is 1. The van der Waals surface area contributed by atoms with Crippen molar-refractivity contribution in [2.45, 2.75) is 18.4 Å². The molecule has 2 N–H and O–H groups in total. The third kappa shape index (κ3) is 2.68. The van der Waals surface area contributed by atoms with Gasteiger partial charge in [-0.05, 0) is 24.0 Å². The molecule has 9 heteroatoms. The first kappa shape index (κ1) is 17.7. The van der Waals surface area contributed by atoms with Gasteiger partial charge in [-0.25, -0.2) is 4.79 Å². The average Bonchev–Trinajstić information content (AvgIpc) is 3.16. The van der Waals surface area contributed by atoms with Crippen LogP contribution in [0.2, 0.25) is 0 Å². The molecule has 9 nitrogen and oxygen atoms in total. The first-order chi connectivity index (χ1) is 13.4. The van der Waals surface area contributed by atoms with Crippen molar-refractivity contribution in [1.29, 1.82) is 0 Å². The summed E-state index contributed by atoms with van der Waals surface area (Å²) in [7, 11) is 0. The number of nitro benzene ring substituents is 2. The van der Waals surface area contributed by atoms with Crippen LogP contribution in [-0.2, 0) is 0 Å². The van der Waals surface area contributed by atoms with Crippen LogP contribution in [-0.4, -0.2) is 20.9 Å². The van der Waals surface area contributed by atoms with Gasteiger partial charge < -0.3 is 10.4 Å². The third-order valence-corrected chi connectivity index (χ3v) is 5.39. The predicted molar refractivity (Wildman–Crippen MR) is 99.5 cm³/mol. The van der Waals surface area contributed by atoms with Gasteiger partial charge in [0.05, 0.1) is 32.7 Å². The standard InChI is InChI=1S/C19H15N3O6/c23-19(24)14-8-9-15(22(27)28)16-12-2-1-3-13(12)17(20-18(14)16)10-4-6-11(7-5-10)21(25)26/h1-2,4-9,12-13,17,20H,3H2,(H,23,24)/t12-,13-,17-/m0/s1. The lowest BCUT2D eigenvalue weighted by Gasteiger charge is -2.37. The van der Waals surface area contributed by atoms with Crippen molar-refractivity contribution in [3.63, 3.8) is 0 Å². The lowest BCUT2D eigenvalue weighted by molar-refractivity contribution is -0.385. The number of hydrogen-bond acceptors (Lipinski definition) is 6. The molecule has 0 bridgehead atoms. The summed E-state index contributed by atoms with van der Waals surface area (Å²) >= 11 is 0. The van der Waals surface area contributed by atoms with Gasteiger partial charge in [0, 0.05) is 24.1 Å². The summed E-state index contributed by atoms with van der Waals surface area (Å²) < 4.78 is 0. The molecule has 0 unspecified atom stereocenters. The Morgan fingerprint density at radius 2 is 1.79 bits per heavy atom. The monoisotopic (exact) mass is 381 g/mol. The van der Waals surface area contributed by atoms with E-state index in [0.717, 1.165) is 5.56 Å². The van der Waals surface area contributed by atoms with Crippen LogP contribution in [0, 0.1) is 26.1 Å². The first-order valence-electron chi connectivity index (χ1n) is 8.60. The van der Waals surface area contributed by atoms with E-state index in [4.69, 9.17) is 0 Å². The van der Waals surface area contributed by atoms with Crippen molar-refractivity contribution in [2.75, 3.05) is 5.32 Å². The number of carboxylic acids is 1. The molecule has 0 spiro atoms. The number of carboxylic acid groups (broad SMARTS) is 1. The van der Waals surface area contributed by atoms with E-state index in [9.17, 15) is 30.1 Å². The number of nitrogens with one attached hydrogen (secondary N) is 1. The zero-order chi connectivity index (χ0) is 20.0. The lowest BCUT2D eigenvalue weighted by atomic mass is 9.75. The van der Waals surface area contributed by atoms with Gasteiger partial charge in [0.2, 0.25) is 0 Å². The van der Waals surface area contributed by atoms with Gasteiger partial charge in [0.1, 0.15) is 0 Å². The molecular formula is C19H15N3O6. The maximum atomic E-state index is 11.7. The Kier molecular flexibility index (Phi) is 4.07. The summed E-state index contributed by atoms with van der Waals surface area (Å²) in [6, 6.07) is 8.21. The SMILES string of the molecule is O=C(O)c1ccc([N+](=O)[O-])c2c1N[C@@H](c1ccc([N+](=O)[O-])cc1)[C@H]1CC=C[C@H]21. The van der Waals surface area contributed by atoms with E-state index in [1.165, 1.54) is 24.3 Å². The molecule has 0 saturated heterocycles. The summed E-state index contributed by atoms with van der Waals surface area (Å²) in [5.41, 5.74) is 1.18. The molecule has 0 amide bonds. The Balaban J connectivity index is 1.86. The highest BCUT2D eigenvalue weighted by atomic mass is 16.6. The zero-order valence-corrected chi connectivity index (χ0v) is 14.4. The average molecular weight is 381 g/mol. The summed E-state index contributed by atoms with van der Waals surface area (Å²) in [6.07, 6.45) is 4.47. The maximum absolute atomic E-state index is 11.7. The minimum atomic E-state index is -1.18. The number of anilines is 1. The Morgan fingerprint density at radius 3 is 2.39 bits per heavy atom. The predicted octanol–water partition coefficient (Wildman–Crippen LogP) is 4.03. The molecule has 1 heterocycles. The van der Waals surface area contributed by atoms with Crippen LogP contribution in [0.15, 0.2) is 48.6 Å². The van der Waals surface area contributed by atoms with Crippen molar-refractivity contribution in [2.24, 2.45) is 5.92 Å².